The molecule has 1 aromatic heterocycles. The number of aromatic nitrogens is 1. The van der Waals surface area contributed by atoms with Crippen LogP contribution in [0.15, 0.2) is 24.3 Å². The Labute approximate surface area is 107 Å². The molecule has 1 aliphatic carbocycles. The van der Waals surface area contributed by atoms with E-state index in [9.17, 15) is 0 Å². The molecule has 0 amide bonds. The number of nitrogens with zero attached hydrogens (tertiary/aromatic N) is 1. The van der Waals surface area contributed by atoms with Crippen molar-refractivity contribution in [1.29, 1.82) is 0 Å². The standard InChI is InChI=1S/C15H19NS/c1-10-7-11(2)9-12(8-10)15-16-13-5-3-4-6-14(13)17-15/h3-6,10-12H,7-9H2,1-2H3. The van der Waals surface area contributed by atoms with Crippen LogP contribution < -0.4 is 0 Å². The summed E-state index contributed by atoms with van der Waals surface area (Å²) in [5.41, 5.74) is 1.18. The number of para-hydroxylation sites is 1. The molecule has 1 saturated carbocycles. The average Bonchev–Trinajstić information content (AvgIpc) is 2.71. The predicted octanol–water partition coefficient (Wildman–Crippen LogP) is 4.84. The maximum atomic E-state index is 4.82. The van der Waals surface area contributed by atoms with Crippen LogP contribution in [0.5, 0.6) is 0 Å². The summed E-state index contributed by atoms with van der Waals surface area (Å²) in [5.74, 6) is 2.41. The van der Waals surface area contributed by atoms with Crippen molar-refractivity contribution in [3.8, 4) is 0 Å². The van der Waals surface area contributed by atoms with Crippen LogP contribution in [-0.2, 0) is 0 Å². The molecule has 17 heavy (non-hydrogen) atoms. The van der Waals surface area contributed by atoms with E-state index in [-0.39, 0.29) is 0 Å². The summed E-state index contributed by atoms with van der Waals surface area (Å²) in [6.45, 7) is 4.77. The molecule has 2 atom stereocenters. The lowest BCUT2D eigenvalue weighted by molar-refractivity contribution is 0.268. The summed E-state index contributed by atoms with van der Waals surface area (Å²) < 4.78 is 1.34. The first-order valence-electron chi connectivity index (χ1n) is 6.58. The summed E-state index contributed by atoms with van der Waals surface area (Å²) in [6, 6.07) is 8.51. The van der Waals surface area contributed by atoms with Crippen LogP contribution >= 0.6 is 11.3 Å². The molecule has 2 heteroatoms. The topological polar surface area (TPSA) is 12.9 Å². The molecule has 3 rings (SSSR count). The molecular weight excluding hydrogens is 226 g/mol. The van der Waals surface area contributed by atoms with Crippen molar-refractivity contribution in [3.05, 3.63) is 29.3 Å². The van der Waals surface area contributed by atoms with Gasteiger partial charge in [-0.1, -0.05) is 26.0 Å². The van der Waals surface area contributed by atoms with Gasteiger partial charge in [-0.05, 0) is 43.2 Å². The molecule has 0 N–H and O–H groups in total. The summed E-state index contributed by atoms with van der Waals surface area (Å²) in [5, 5.41) is 1.37. The van der Waals surface area contributed by atoms with Gasteiger partial charge in [0.15, 0.2) is 0 Å². The fourth-order valence-electron chi connectivity index (χ4n) is 3.21. The van der Waals surface area contributed by atoms with Gasteiger partial charge in [0.25, 0.3) is 0 Å². The Balaban J connectivity index is 1.92. The van der Waals surface area contributed by atoms with Gasteiger partial charge in [-0.3, -0.25) is 0 Å². The quantitative estimate of drug-likeness (QED) is 0.701. The minimum Gasteiger partial charge on any atom is -0.241 e. The van der Waals surface area contributed by atoms with Gasteiger partial charge in [-0.15, -0.1) is 11.3 Å². The second kappa shape index (κ2) is 4.41. The molecule has 1 aliphatic rings. The maximum Gasteiger partial charge on any atom is 0.0969 e. The highest BCUT2D eigenvalue weighted by Gasteiger charge is 2.27. The SMILES string of the molecule is CC1CC(C)CC(c2nc3ccccc3s2)C1. The molecule has 2 aromatic rings. The molecule has 1 fully saturated rings. The zero-order chi connectivity index (χ0) is 11.8. The van der Waals surface area contributed by atoms with E-state index < -0.39 is 0 Å². The van der Waals surface area contributed by atoms with E-state index in [1.165, 1.54) is 34.5 Å². The molecule has 90 valence electrons. The van der Waals surface area contributed by atoms with Gasteiger partial charge in [0.05, 0.1) is 15.2 Å². The van der Waals surface area contributed by atoms with E-state index in [1.807, 2.05) is 11.3 Å². The zero-order valence-corrected chi connectivity index (χ0v) is 11.3. The minimum absolute atomic E-state index is 0.700. The Morgan fingerprint density at radius 3 is 2.47 bits per heavy atom. The van der Waals surface area contributed by atoms with Crippen molar-refractivity contribution in [2.24, 2.45) is 11.8 Å². The highest BCUT2D eigenvalue weighted by atomic mass is 32.1. The van der Waals surface area contributed by atoms with E-state index in [0.29, 0.717) is 5.92 Å². The zero-order valence-electron chi connectivity index (χ0n) is 10.5. The number of hydrogen-bond donors (Lipinski definition) is 0. The smallest absolute Gasteiger partial charge is 0.0969 e. The second-order valence-electron chi connectivity index (χ2n) is 5.63. The molecule has 0 aliphatic heterocycles. The average molecular weight is 245 g/mol. The molecule has 0 bridgehead atoms. The van der Waals surface area contributed by atoms with Crippen LogP contribution in [0.25, 0.3) is 10.2 Å². The largest absolute Gasteiger partial charge is 0.241 e. The van der Waals surface area contributed by atoms with Gasteiger partial charge < -0.3 is 0 Å². The van der Waals surface area contributed by atoms with E-state index in [1.54, 1.807) is 0 Å². The van der Waals surface area contributed by atoms with Gasteiger partial charge in [-0.2, -0.15) is 0 Å². The Bertz CT molecular complexity index is 473. The lowest BCUT2D eigenvalue weighted by atomic mass is 9.77. The number of thiazole rings is 1. The number of rotatable bonds is 1. The van der Waals surface area contributed by atoms with Crippen molar-refractivity contribution in [2.45, 2.75) is 39.0 Å². The predicted molar refractivity (Wildman–Crippen MR) is 74.5 cm³/mol. The summed E-state index contributed by atoms with van der Waals surface area (Å²) in [4.78, 5) is 4.82. The third kappa shape index (κ3) is 2.23. The fourth-order valence-corrected chi connectivity index (χ4v) is 4.31. The van der Waals surface area contributed by atoms with Crippen LogP contribution in [0, 0.1) is 11.8 Å². The van der Waals surface area contributed by atoms with Gasteiger partial charge in [-0.25, -0.2) is 4.98 Å². The first-order chi connectivity index (χ1) is 8.22. The van der Waals surface area contributed by atoms with Gasteiger partial charge in [0.1, 0.15) is 0 Å². The minimum atomic E-state index is 0.700. The highest BCUT2D eigenvalue weighted by Crippen LogP contribution is 2.41. The Morgan fingerprint density at radius 2 is 1.76 bits per heavy atom. The van der Waals surface area contributed by atoms with Crippen molar-refractivity contribution in [3.63, 3.8) is 0 Å². The summed E-state index contributed by atoms with van der Waals surface area (Å²) in [6.07, 6.45) is 4.04. The van der Waals surface area contributed by atoms with Crippen LogP contribution in [0.1, 0.15) is 44.0 Å². The van der Waals surface area contributed by atoms with Gasteiger partial charge in [0.2, 0.25) is 0 Å². The van der Waals surface area contributed by atoms with Crippen molar-refractivity contribution >= 4 is 21.6 Å². The van der Waals surface area contributed by atoms with E-state index in [0.717, 1.165) is 11.8 Å². The third-order valence-electron chi connectivity index (χ3n) is 3.84. The highest BCUT2D eigenvalue weighted by molar-refractivity contribution is 7.18. The Hall–Kier alpha value is -0.890. The van der Waals surface area contributed by atoms with Crippen molar-refractivity contribution in [1.82, 2.24) is 4.98 Å². The Morgan fingerprint density at radius 1 is 1.06 bits per heavy atom. The van der Waals surface area contributed by atoms with Gasteiger partial charge >= 0.3 is 0 Å². The molecule has 0 spiro atoms. The normalized spacial score (nSPS) is 29.6. The first-order valence-corrected chi connectivity index (χ1v) is 7.39. The van der Waals surface area contributed by atoms with Crippen molar-refractivity contribution < 1.29 is 0 Å². The van der Waals surface area contributed by atoms with E-state index in [2.05, 4.69) is 38.1 Å². The molecule has 0 radical (unpaired) electrons. The fraction of sp³-hybridized carbons (Fsp3) is 0.533. The number of fused-ring (bicyclic) bond motifs is 1. The van der Waals surface area contributed by atoms with Crippen molar-refractivity contribution in [2.75, 3.05) is 0 Å². The summed E-state index contributed by atoms with van der Waals surface area (Å²) in [7, 11) is 0. The van der Waals surface area contributed by atoms with Crippen LogP contribution in [0.3, 0.4) is 0 Å². The first kappa shape index (κ1) is 11.2. The van der Waals surface area contributed by atoms with Crippen LogP contribution in [0.4, 0.5) is 0 Å². The third-order valence-corrected chi connectivity index (χ3v) is 5.04. The molecule has 1 nitrogen and oxygen atoms in total. The molecular formula is C15H19NS. The van der Waals surface area contributed by atoms with Crippen LogP contribution in [-0.4, -0.2) is 4.98 Å². The lowest BCUT2D eigenvalue weighted by Crippen LogP contribution is -2.17. The molecule has 2 unspecified atom stereocenters. The maximum absolute atomic E-state index is 4.82. The van der Waals surface area contributed by atoms with Crippen LogP contribution in [0.2, 0.25) is 0 Å². The monoisotopic (exact) mass is 245 g/mol. The molecule has 1 aromatic carbocycles. The lowest BCUT2D eigenvalue weighted by Gasteiger charge is -2.30. The van der Waals surface area contributed by atoms with E-state index >= 15 is 0 Å². The Kier molecular flexibility index (Phi) is 2.91. The van der Waals surface area contributed by atoms with Gasteiger partial charge in [0, 0.05) is 5.92 Å². The number of hydrogen-bond acceptors (Lipinski definition) is 2. The van der Waals surface area contributed by atoms with E-state index in [4.69, 9.17) is 4.98 Å². The number of benzene rings is 1. The molecule has 1 heterocycles. The second-order valence-corrected chi connectivity index (χ2v) is 6.70. The molecule has 0 saturated heterocycles. The summed E-state index contributed by atoms with van der Waals surface area (Å²) >= 11 is 1.90.